The summed E-state index contributed by atoms with van der Waals surface area (Å²) in [5.74, 6) is -0.0878. The fourth-order valence-electron chi connectivity index (χ4n) is 2.52. The Morgan fingerprint density at radius 2 is 1.79 bits per heavy atom. The molecule has 0 aliphatic heterocycles. The molecule has 3 nitrogen and oxygen atoms in total. The van der Waals surface area contributed by atoms with Gasteiger partial charge in [-0.1, -0.05) is 47.5 Å². The molecule has 2 N–H and O–H groups in total. The summed E-state index contributed by atoms with van der Waals surface area (Å²) in [4.78, 5) is 0. The number of nitrogens with zero attached hydrogens (tertiary/aromatic N) is 2. The van der Waals surface area contributed by atoms with Crippen LogP contribution in [0.2, 0.25) is 5.02 Å². The lowest BCUT2D eigenvalue weighted by atomic mass is 10.0. The third-order valence-corrected chi connectivity index (χ3v) is 3.78. The average molecular weight is 352 g/mol. The van der Waals surface area contributed by atoms with Gasteiger partial charge in [-0.3, -0.25) is 0 Å². The molecule has 1 aromatic heterocycles. The van der Waals surface area contributed by atoms with Crippen LogP contribution in [-0.4, -0.2) is 9.78 Å². The number of nitrogens with two attached hydrogens (primary N) is 1. The van der Waals surface area contributed by atoms with Crippen LogP contribution in [0.1, 0.15) is 11.3 Å². The van der Waals surface area contributed by atoms with Crippen LogP contribution in [-0.2, 0) is 6.18 Å². The maximum Gasteiger partial charge on any atom is 0.435 e. The first-order valence-electron chi connectivity index (χ1n) is 7.06. The molecule has 0 aliphatic rings. The molecule has 3 rings (SSSR count). The molecule has 0 spiro atoms. The second-order valence-electron chi connectivity index (χ2n) is 5.37. The zero-order valence-electron chi connectivity index (χ0n) is 12.6. The topological polar surface area (TPSA) is 43.8 Å². The molecule has 0 fully saturated rings. The van der Waals surface area contributed by atoms with E-state index in [0.717, 1.165) is 10.2 Å². The molecule has 0 atom stereocenters. The van der Waals surface area contributed by atoms with Crippen molar-refractivity contribution < 1.29 is 13.2 Å². The first-order valence-corrected chi connectivity index (χ1v) is 7.44. The van der Waals surface area contributed by atoms with Gasteiger partial charge in [0.2, 0.25) is 0 Å². The minimum Gasteiger partial charge on any atom is -0.383 e. The standard InChI is InChI=1S/C17H13ClF3N3/c1-10-4-2-5-11(8-10)14-15(17(19,20)21)23-24(16(14)22)13-7-3-6-12(18)9-13/h2-9H,22H2,1H3. The van der Waals surface area contributed by atoms with Crippen LogP contribution in [0.5, 0.6) is 0 Å². The van der Waals surface area contributed by atoms with Gasteiger partial charge in [0.15, 0.2) is 5.69 Å². The molecule has 124 valence electrons. The van der Waals surface area contributed by atoms with Crippen LogP contribution in [0.4, 0.5) is 19.0 Å². The summed E-state index contributed by atoms with van der Waals surface area (Å²) in [6.07, 6.45) is -4.63. The highest BCUT2D eigenvalue weighted by atomic mass is 35.5. The molecule has 3 aromatic rings. The lowest BCUT2D eigenvalue weighted by molar-refractivity contribution is -0.140. The predicted octanol–water partition coefficient (Wildman–Crippen LogP) is 5.10. The second kappa shape index (κ2) is 5.87. The van der Waals surface area contributed by atoms with E-state index in [1.54, 1.807) is 49.4 Å². The van der Waals surface area contributed by atoms with Crippen LogP contribution < -0.4 is 5.73 Å². The van der Waals surface area contributed by atoms with Crippen LogP contribution in [0, 0.1) is 6.92 Å². The Hall–Kier alpha value is -2.47. The fraction of sp³-hybridized carbons (Fsp3) is 0.118. The molecule has 0 aliphatic carbocycles. The summed E-state index contributed by atoms with van der Waals surface area (Å²) in [5.41, 5.74) is 6.43. The largest absolute Gasteiger partial charge is 0.435 e. The van der Waals surface area contributed by atoms with Crippen molar-refractivity contribution in [3.63, 3.8) is 0 Å². The van der Waals surface area contributed by atoms with Gasteiger partial charge in [-0.05, 0) is 30.7 Å². The van der Waals surface area contributed by atoms with Gasteiger partial charge in [0.25, 0.3) is 0 Å². The number of aryl methyl sites for hydroxylation is 1. The Morgan fingerprint density at radius 1 is 1.08 bits per heavy atom. The summed E-state index contributed by atoms with van der Waals surface area (Å²) in [5, 5.41) is 4.09. The molecule has 0 bridgehead atoms. The van der Waals surface area contributed by atoms with Crippen molar-refractivity contribution in [2.75, 3.05) is 5.73 Å². The number of hydrogen-bond donors (Lipinski definition) is 1. The lowest BCUT2D eigenvalue weighted by Crippen LogP contribution is -2.08. The average Bonchev–Trinajstić information content (AvgIpc) is 2.85. The summed E-state index contributed by atoms with van der Waals surface area (Å²) in [6, 6.07) is 13.0. The predicted molar refractivity (Wildman–Crippen MR) is 88.2 cm³/mol. The van der Waals surface area contributed by atoms with Crippen molar-refractivity contribution in [3.8, 4) is 16.8 Å². The van der Waals surface area contributed by atoms with Gasteiger partial charge >= 0.3 is 6.18 Å². The van der Waals surface area contributed by atoms with Crippen molar-refractivity contribution >= 4 is 17.4 Å². The van der Waals surface area contributed by atoms with E-state index in [4.69, 9.17) is 17.3 Å². The molecule has 24 heavy (non-hydrogen) atoms. The maximum atomic E-state index is 13.5. The smallest absolute Gasteiger partial charge is 0.383 e. The Kier molecular flexibility index (Phi) is 4.01. The van der Waals surface area contributed by atoms with Crippen LogP contribution in [0.25, 0.3) is 16.8 Å². The van der Waals surface area contributed by atoms with Gasteiger partial charge in [0.05, 0.1) is 11.3 Å². The zero-order valence-corrected chi connectivity index (χ0v) is 13.4. The molecule has 0 unspecified atom stereocenters. The molecular formula is C17H13ClF3N3. The van der Waals surface area contributed by atoms with Crippen molar-refractivity contribution in [3.05, 3.63) is 64.8 Å². The van der Waals surface area contributed by atoms with E-state index >= 15 is 0 Å². The molecular weight excluding hydrogens is 339 g/mol. The number of halogens is 4. The highest BCUT2D eigenvalue weighted by Crippen LogP contribution is 2.40. The minimum atomic E-state index is -4.63. The number of hydrogen-bond acceptors (Lipinski definition) is 2. The Balaban J connectivity index is 2.28. The first kappa shape index (κ1) is 16.4. The van der Waals surface area contributed by atoms with Crippen molar-refractivity contribution in [1.82, 2.24) is 9.78 Å². The highest BCUT2D eigenvalue weighted by molar-refractivity contribution is 6.30. The van der Waals surface area contributed by atoms with E-state index in [1.165, 1.54) is 6.07 Å². The molecule has 0 saturated carbocycles. The lowest BCUT2D eigenvalue weighted by Gasteiger charge is -2.08. The molecule has 0 amide bonds. The molecule has 7 heteroatoms. The quantitative estimate of drug-likeness (QED) is 0.697. The number of benzene rings is 2. The normalized spacial score (nSPS) is 11.7. The fourth-order valence-corrected chi connectivity index (χ4v) is 2.70. The minimum absolute atomic E-state index is 0.0878. The Morgan fingerprint density at radius 3 is 2.42 bits per heavy atom. The monoisotopic (exact) mass is 351 g/mol. The van der Waals surface area contributed by atoms with Gasteiger partial charge in [-0.2, -0.15) is 18.3 Å². The van der Waals surface area contributed by atoms with Crippen molar-refractivity contribution in [1.29, 1.82) is 0 Å². The van der Waals surface area contributed by atoms with Gasteiger partial charge < -0.3 is 5.73 Å². The van der Waals surface area contributed by atoms with Gasteiger partial charge in [0.1, 0.15) is 5.82 Å². The van der Waals surface area contributed by atoms with Gasteiger partial charge in [-0.15, -0.1) is 0 Å². The number of alkyl halides is 3. The van der Waals surface area contributed by atoms with Crippen LogP contribution in [0.3, 0.4) is 0 Å². The Bertz CT molecular complexity index is 900. The number of nitrogen functional groups attached to an aromatic ring is 1. The molecule has 2 aromatic carbocycles. The van der Waals surface area contributed by atoms with E-state index in [9.17, 15) is 13.2 Å². The molecule has 0 saturated heterocycles. The second-order valence-corrected chi connectivity index (χ2v) is 5.80. The maximum absolute atomic E-state index is 13.5. The van der Waals surface area contributed by atoms with Gasteiger partial charge in [0, 0.05) is 5.02 Å². The third-order valence-electron chi connectivity index (χ3n) is 3.55. The zero-order chi connectivity index (χ0) is 17.5. The first-order chi connectivity index (χ1) is 11.3. The number of rotatable bonds is 2. The van der Waals surface area contributed by atoms with Crippen LogP contribution >= 0.6 is 11.6 Å². The van der Waals surface area contributed by atoms with E-state index in [1.807, 2.05) is 0 Å². The molecule has 0 radical (unpaired) electrons. The Labute approximate surface area is 141 Å². The van der Waals surface area contributed by atoms with E-state index in [0.29, 0.717) is 16.3 Å². The SMILES string of the molecule is Cc1cccc(-c2c(C(F)(F)F)nn(-c3cccc(Cl)c3)c2N)c1. The van der Waals surface area contributed by atoms with Crippen molar-refractivity contribution in [2.24, 2.45) is 0 Å². The molecule has 1 heterocycles. The summed E-state index contributed by atoms with van der Waals surface area (Å²) >= 11 is 5.92. The highest BCUT2D eigenvalue weighted by Gasteiger charge is 2.39. The van der Waals surface area contributed by atoms with E-state index in [-0.39, 0.29) is 11.4 Å². The van der Waals surface area contributed by atoms with E-state index < -0.39 is 11.9 Å². The third kappa shape index (κ3) is 2.97. The van der Waals surface area contributed by atoms with Crippen molar-refractivity contribution in [2.45, 2.75) is 13.1 Å². The van der Waals surface area contributed by atoms with E-state index in [2.05, 4.69) is 5.10 Å². The number of aromatic nitrogens is 2. The summed E-state index contributed by atoms with van der Waals surface area (Å²) in [6.45, 7) is 1.80. The summed E-state index contributed by atoms with van der Waals surface area (Å²) in [7, 11) is 0. The van der Waals surface area contributed by atoms with Crippen LogP contribution in [0.15, 0.2) is 48.5 Å². The summed E-state index contributed by atoms with van der Waals surface area (Å²) < 4.78 is 41.5. The van der Waals surface area contributed by atoms with Gasteiger partial charge in [-0.25, -0.2) is 4.68 Å². The number of anilines is 1.